The van der Waals surface area contributed by atoms with Gasteiger partial charge in [-0.05, 0) is 55.6 Å². The molecule has 0 amide bonds. The molecule has 2 aromatic rings. The van der Waals surface area contributed by atoms with Gasteiger partial charge in [0, 0.05) is 5.56 Å². The van der Waals surface area contributed by atoms with Crippen LogP contribution < -0.4 is 15.2 Å². The summed E-state index contributed by atoms with van der Waals surface area (Å²) in [7, 11) is 3.13. The molecule has 1 heterocycles. The third kappa shape index (κ3) is 2.99. The Balaban J connectivity index is 2.52. The number of halogens is 3. The zero-order valence-corrected chi connectivity index (χ0v) is 15.5. The Morgan fingerprint density at radius 3 is 2.40 bits per heavy atom. The topological polar surface area (TPSA) is 44.5 Å². The van der Waals surface area contributed by atoms with Crippen molar-refractivity contribution in [3.63, 3.8) is 0 Å². The van der Waals surface area contributed by atoms with Crippen LogP contribution in [-0.4, -0.2) is 14.2 Å². The highest BCUT2D eigenvalue weighted by Crippen LogP contribution is 2.43. The molecule has 1 unspecified atom stereocenters. The van der Waals surface area contributed by atoms with E-state index in [9.17, 15) is 0 Å². The molecule has 20 heavy (non-hydrogen) atoms. The highest BCUT2D eigenvalue weighted by Gasteiger charge is 2.22. The third-order valence-corrected chi connectivity index (χ3v) is 5.61. The quantitative estimate of drug-likeness (QED) is 0.727. The zero-order chi connectivity index (χ0) is 14.9. The maximum atomic E-state index is 6.34. The number of rotatable bonds is 4. The fraction of sp³-hybridized carbons (Fsp3) is 0.231. The molecule has 108 valence electrons. The van der Waals surface area contributed by atoms with E-state index in [2.05, 4.69) is 31.9 Å². The second kappa shape index (κ2) is 6.66. The smallest absolute Gasteiger partial charge is 0.146 e. The van der Waals surface area contributed by atoms with E-state index in [0.717, 1.165) is 18.7 Å². The Morgan fingerprint density at radius 2 is 1.90 bits per heavy atom. The van der Waals surface area contributed by atoms with Crippen LogP contribution >= 0.6 is 54.8 Å². The van der Waals surface area contributed by atoms with Crippen molar-refractivity contribution < 1.29 is 9.47 Å². The van der Waals surface area contributed by atoms with E-state index in [4.69, 9.17) is 26.8 Å². The minimum atomic E-state index is -0.342. The molecule has 2 rings (SSSR count). The summed E-state index contributed by atoms with van der Waals surface area (Å²) < 4.78 is 12.6. The fourth-order valence-corrected chi connectivity index (χ4v) is 5.15. The number of benzene rings is 1. The predicted molar refractivity (Wildman–Crippen MR) is 90.3 cm³/mol. The minimum absolute atomic E-state index is 0.342. The summed E-state index contributed by atoms with van der Waals surface area (Å²) in [5.41, 5.74) is 8.13. The average Bonchev–Trinajstić information content (AvgIpc) is 2.76. The summed E-state index contributed by atoms with van der Waals surface area (Å²) in [5.74, 6) is 1.10. The molecule has 0 saturated heterocycles. The Morgan fingerprint density at radius 1 is 1.20 bits per heavy atom. The predicted octanol–water partition coefficient (Wildman–Crippen LogP) is 4.99. The molecule has 7 heteroatoms. The molecular weight excluding hydrogens is 429 g/mol. The SMILES string of the molecule is COc1ccc(C(N)c2cc(Br)sc2Br)c(OC)c1Cl. The lowest BCUT2D eigenvalue weighted by Crippen LogP contribution is -2.13. The molecule has 0 aliphatic heterocycles. The van der Waals surface area contributed by atoms with Crippen LogP contribution in [0.3, 0.4) is 0 Å². The van der Waals surface area contributed by atoms with Crippen molar-refractivity contribution in [2.45, 2.75) is 6.04 Å². The molecule has 0 aliphatic carbocycles. The van der Waals surface area contributed by atoms with Crippen molar-refractivity contribution in [3.05, 3.63) is 41.9 Å². The number of hydrogen-bond acceptors (Lipinski definition) is 4. The van der Waals surface area contributed by atoms with Gasteiger partial charge in [-0.2, -0.15) is 0 Å². The lowest BCUT2D eigenvalue weighted by Gasteiger charge is -2.18. The Labute approximate surface area is 143 Å². The van der Waals surface area contributed by atoms with Crippen molar-refractivity contribution in [3.8, 4) is 11.5 Å². The van der Waals surface area contributed by atoms with Gasteiger partial charge in [-0.3, -0.25) is 0 Å². The normalized spacial score (nSPS) is 12.3. The van der Waals surface area contributed by atoms with Gasteiger partial charge in [0.1, 0.15) is 16.5 Å². The van der Waals surface area contributed by atoms with Gasteiger partial charge < -0.3 is 15.2 Å². The average molecular weight is 442 g/mol. The van der Waals surface area contributed by atoms with Crippen LogP contribution in [-0.2, 0) is 0 Å². The highest BCUT2D eigenvalue weighted by molar-refractivity contribution is 9.12. The van der Waals surface area contributed by atoms with E-state index in [-0.39, 0.29) is 6.04 Å². The van der Waals surface area contributed by atoms with Crippen LogP contribution in [0.25, 0.3) is 0 Å². The summed E-state index contributed by atoms with van der Waals surface area (Å²) in [5, 5.41) is 0.424. The van der Waals surface area contributed by atoms with Crippen molar-refractivity contribution in [1.29, 1.82) is 0 Å². The third-order valence-electron chi connectivity index (χ3n) is 2.87. The number of methoxy groups -OCH3 is 2. The van der Waals surface area contributed by atoms with Gasteiger partial charge in [-0.15, -0.1) is 11.3 Å². The maximum absolute atomic E-state index is 6.34. The first-order valence-electron chi connectivity index (χ1n) is 5.60. The van der Waals surface area contributed by atoms with Crippen molar-refractivity contribution in [2.75, 3.05) is 14.2 Å². The molecule has 1 aromatic carbocycles. The monoisotopic (exact) mass is 439 g/mol. The van der Waals surface area contributed by atoms with Gasteiger partial charge in [0.2, 0.25) is 0 Å². The lowest BCUT2D eigenvalue weighted by atomic mass is 10.0. The van der Waals surface area contributed by atoms with Crippen molar-refractivity contribution in [1.82, 2.24) is 0 Å². The van der Waals surface area contributed by atoms with E-state index < -0.39 is 0 Å². The standard InChI is InChI=1S/C13H12Br2ClNO2S/c1-18-8-4-3-6(12(19-2)10(8)16)11(17)7-5-9(14)20-13(7)15/h3-5,11H,17H2,1-2H3. The van der Waals surface area contributed by atoms with Gasteiger partial charge in [0.05, 0.1) is 27.8 Å². The molecule has 0 radical (unpaired) electrons. The van der Waals surface area contributed by atoms with E-state index in [1.165, 1.54) is 0 Å². The Hall–Kier alpha value is -0.270. The molecule has 1 aromatic heterocycles. The van der Waals surface area contributed by atoms with E-state index in [1.54, 1.807) is 31.6 Å². The molecule has 0 aliphatic rings. The largest absolute Gasteiger partial charge is 0.495 e. The Bertz CT molecular complexity index is 633. The van der Waals surface area contributed by atoms with Gasteiger partial charge in [0.15, 0.2) is 0 Å². The van der Waals surface area contributed by atoms with Crippen LogP contribution in [0.1, 0.15) is 17.2 Å². The number of ether oxygens (including phenoxy) is 2. The summed E-state index contributed by atoms with van der Waals surface area (Å²) in [6, 6.07) is 5.30. The van der Waals surface area contributed by atoms with Crippen LogP contribution in [0, 0.1) is 0 Å². The number of hydrogen-bond donors (Lipinski definition) is 1. The van der Waals surface area contributed by atoms with E-state index in [0.29, 0.717) is 16.5 Å². The first-order chi connectivity index (χ1) is 9.49. The fourth-order valence-electron chi connectivity index (χ4n) is 1.90. The van der Waals surface area contributed by atoms with Crippen LogP contribution in [0.2, 0.25) is 5.02 Å². The van der Waals surface area contributed by atoms with Gasteiger partial charge in [0.25, 0.3) is 0 Å². The lowest BCUT2D eigenvalue weighted by molar-refractivity contribution is 0.390. The molecule has 0 saturated carbocycles. The van der Waals surface area contributed by atoms with Crippen LogP contribution in [0.4, 0.5) is 0 Å². The summed E-state index contributed by atoms with van der Waals surface area (Å²) >= 11 is 14.8. The Kier molecular flexibility index (Phi) is 5.36. The minimum Gasteiger partial charge on any atom is -0.495 e. The maximum Gasteiger partial charge on any atom is 0.146 e. The van der Waals surface area contributed by atoms with Crippen molar-refractivity contribution >= 4 is 54.8 Å². The molecule has 0 spiro atoms. The second-order valence-electron chi connectivity index (χ2n) is 3.96. The molecular formula is C13H12Br2ClNO2S. The zero-order valence-electron chi connectivity index (χ0n) is 10.7. The second-order valence-corrected chi connectivity index (χ2v) is 8.09. The van der Waals surface area contributed by atoms with Crippen molar-refractivity contribution in [2.24, 2.45) is 5.73 Å². The summed E-state index contributed by atoms with van der Waals surface area (Å²) in [6.45, 7) is 0. The molecule has 1 atom stereocenters. The first kappa shape index (κ1) is 16.1. The van der Waals surface area contributed by atoms with Gasteiger partial charge in [-0.1, -0.05) is 11.6 Å². The van der Waals surface area contributed by atoms with Gasteiger partial charge in [-0.25, -0.2) is 0 Å². The number of thiophene rings is 1. The van der Waals surface area contributed by atoms with Crippen LogP contribution in [0.15, 0.2) is 25.8 Å². The summed E-state index contributed by atoms with van der Waals surface area (Å²) in [4.78, 5) is 0. The summed E-state index contributed by atoms with van der Waals surface area (Å²) in [6.07, 6.45) is 0. The molecule has 3 nitrogen and oxygen atoms in total. The molecule has 0 bridgehead atoms. The molecule has 0 fully saturated rings. The van der Waals surface area contributed by atoms with E-state index >= 15 is 0 Å². The van der Waals surface area contributed by atoms with E-state index in [1.807, 2.05) is 12.1 Å². The number of nitrogens with two attached hydrogens (primary N) is 1. The first-order valence-corrected chi connectivity index (χ1v) is 8.38. The highest BCUT2D eigenvalue weighted by atomic mass is 79.9. The van der Waals surface area contributed by atoms with Crippen LogP contribution in [0.5, 0.6) is 11.5 Å². The van der Waals surface area contributed by atoms with Gasteiger partial charge >= 0.3 is 0 Å². The molecule has 2 N–H and O–H groups in total.